The van der Waals surface area contributed by atoms with E-state index < -0.39 is 0 Å². The van der Waals surface area contributed by atoms with Crippen molar-refractivity contribution in [2.75, 3.05) is 13.1 Å². The molecule has 3 nitrogen and oxygen atoms in total. The highest BCUT2D eigenvalue weighted by Crippen LogP contribution is 2.05. The van der Waals surface area contributed by atoms with Gasteiger partial charge < -0.3 is 10.6 Å². The molecule has 0 bridgehead atoms. The second-order valence-electron chi connectivity index (χ2n) is 5.05. The fraction of sp³-hybridized carbons (Fsp3) is 0.533. The van der Waals surface area contributed by atoms with Crippen LogP contribution in [0.15, 0.2) is 24.3 Å². The Hall–Kier alpha value is -1.35. The van der Waals surface area contributed by atoms with E-state index in [0.717, 1.165) is 13.1 Å². The molecule has 100 valence electrons. The molecular formula is C15H24N2O. The molecule has 0 aromatic heterocycles. The number of nitrogens with one attached hydrogen (secondary N) is 2. The van der Waals surface area contributed by atoms with Crippen molar-refractivity contribution in [1.82, 2.24) is 10.6 Å². The van der Waals surface area contributed by atoms with Crippen LogP contribution in [0, 0.1) is 12.8 Å². The molecule has 1 amide bonds. The standard InChI is InChI=1S/C15H24N2O/c1-12(2)10-16-9-8-15(18)17-11-14-7-5-4-6-13(14)3/h4-7,12,16H,8-11H2,1-3H3,(H,17,18). The van der Waals surface area contributed by atoms with Crippen LogP contribution in [0.25, 0.3) is 0 Å². The number of amides is 1. The van der Waals surface area contributed by atoms with Crippen LogP contribution in [-0.4, -0.2) is 19.0 Å². The SMILES string of the molecule is Cc1ccccc1CNC(=O)CCNCC(C)C. The Morgan fingerprint density at radius 2 is 2.00 bits per heavy atom. The van der Waals surface area contributed by atoms with Crippen molar-refractivity contribution < 1.29 is 4.79 Å². The van der Waals surface area contributed by atoms with Gasteiger partial charge in [0.15, 0.2) is 0 Å². The Morgan fingerprint density at radius 3 is 2.67 bits per heavy atom. The third kappa shape index (κ3) is 5.82. The molecule has 2 N–H and O–H groups in total. The van der Waals surface area contributed by atoms with E-state index in [1.165, 1.54) is 11.1 Å². The van der Waals surface area contributed by atoms with Gasteiger partial charge in [0.2, 0.25) is 5.91 Å². The smallest absolute Gasteiger partial charge is 0.221 e. The van der Waals surface area contributed by atoms with Crippen LogP contribution in [0.1, 0.15) is 31.4 Å². The van der Waals surface area contributed by atoms with E-state index in [0.29, 0.717) is 18.9 Å². The number of carbonyl (C=O) groups is 1. The van der Waals surface area contributed by atoms with E-state index in [-0.39, 0.29) is 5.91 Å². The first kappa shape index (κ1) is 14.7. The number of rotatable bonds is 7. The number of hydrogen-bond donors (Lipinski definition) is 2. The van der Waals surface area contributed by atoms with Crippen molar-refractivity contribution in [2.45, 2.75) is 33.7 Å². The number of aryl methyl sites for hydroxylation is 1. The van der Waals surface area contributed by atoms with Gasteiger partial charge in [0.05, 0.1) is 0 Å². The van der Waals surface area contributed by atoms with Crippen molar-refractivity contribution >= 4 is 5.91 Å². The monoisotopic (exact) mass is 248 g/mol. The van der Waals surface area contributed by atoms with Crippen LogP contribution >= 0.6 is 0 Å². The van der Waals surface area contributed by atoms with Crippen molar-refractivity contribution in [3.8, 4) is 0 Å². The molecule has 1 aromatic carbocycles. The maximum atomic E-state index is 11.6. The minimum atomic E-state index is 0.106. The summed E-state index contributed by atoms with van der Waals surface area (Å²) < 4.78 is 0. The zero-order valence-corrected chi connectivity index (χ0v) is 11.6. The number of carbonyl (C=O) groups excluding carboxylic acids is 1. The molecule has 3 heteroatoms. The molecule has 1 rings (SSSR count). The maximum absolute atomic E-state index is 11.6. The van der Waals surface area contributed by atoms with Crippen LogP contribution in [-0.2, 0) is 11.3 Å². The molecular weight excluding hydrogens is 224 g/mol. The van der Waals surface area contributed by atoms with E-state index in [2.05, 4.69) is 37.5 Å². The molecule has 0 aliphatic carbocycles. The second-order valence-corrected chi connectivity index (χ2v) is 5.05. The summed E-state index contributed by atoms with van der Waals surface area (Å²) in [7, 11) is 0. The number of benzene rings is 1. The number of hydrogen-bond acceptors (Lipinski definition) is 2. The molecule has 0 fully saturated rings. The zero-order valence-electron chi connectivity index (χ0n) is 11.6. The molecule has 0 spiro atoms. The molecule has 0 aliphatic rings. The predicted molar refractivity (Wildman–Crippen MR) is 75.4 cm³/mol. The summed E-state index contributed by atoms with van der Waals surface area (Å²) in [4.78, 5) is 11.6. The van der Waals surface area contributed by atoms with Gasteiger partial charge in [0, 0.05) is 19.5 Å². The first-order valence-electron chi connectivity index (χ1n) is 6.61. The third-order valence-corrected chi connectivity index (χ3v) is 2.82. The summed E-state index contributed by atoms with van der Waals surface area (Å²) in [6.45, 7) is 8.71. The zero-order chi connectivity index (χ0) is 13.4. The molecule has 18 heavy (non-hydrogen) atoms. The third-order valence-electron chi connectivity index (χ3n) is 2.82. The Balaban J connectivity index is 2.19. The fourth-order valence-corrected chi connectivity index (χ4v) is 1.68. The Morgan fingerprint density at radius 1 is 1.28 bits per heavy atom. The lowest BCUT2D eigenvalue weighted by Gasteiger charge is -2.09. The highest BCUT2D eigenvalue weighted by Gasteiger charge is 2.02. The van der Waals surface area contributed by atoms with E-state index in [1.54, 1.807) is 0 Å². The minimum Gasteiger partial charge on any atom is -0.352 e. The first-order chi connectivity index (χ1) is 8.59. The van der Waals surface area contributed by atoms with E-state index in [9.17, 15) is 4.79 Å². The summed E-state index contributed by atoms with van der Waals surface area (Å²) in [6.07, 6.45) is 0.540. The Bertz CT molecular complexity index is 375. The quantitative estimate of drug-likeness (QED) is 0.727. The van der Waals surface area contributed by atoms with Crippen LogP contribution in [0.2, 0.25) is 0 Å². The van der Waals surface area contributed by atoms with E-state index in [1.807, 2.05) is 18.2 Å². The lowest BCUT2D eigenvalue weighted by Crippen LogP contribution is -2.29. The van der Waals surface area contributed by atoms with Gasteiger partial charge in [-0.05, 0) is 30.5 Å². The van der Waals surface area contributed by atoms with Crippen LogP contribution < -0.4 is 10.6 Å². The normalized spacial score (nSPS) is 10.7. The molecule has 0 atom stereocenters. The van der Waals surface area contributed by atoms with Gasteiger partial charge >= 0.3 is 0 Å². The minimum absolute atomic E-state index is 0.106. The van der Waals surface area contributed by atoms with Gasteiger partial charge in [-0.25, -0.2) is 0 Å². The van der Waals surface area contributed by atoms with Gasteiger partial charge in [-0.2, -0.15) is 0 Å². The fourth-order valence-electron chi connectivity index (χ4n) is 1.68. The van der Waals surface area contributed by atoms with Crippen molar-refractivity contribution in [2.24, 2.45) is 5.92 Å². The maximum Gasteiger partial charge on any atom is 0.221 e. The van der Waals surface area contributed by atoms with Gasteiger partial charge in [-0.15, -0.1) is 0 Å². The average Bonchev–Trinajstić information content (AvgIpc) is 2.33. The molecule has 0 heterocycles. The molecule has 0 aliphatic heterocycles. The van der Waals surface area contributed by atoms with E-state index in [4.69, 9.17) is 0 Å². The lowest BCUT2D eigenvalue weighted by molar-refractivity contribution is -0.121. The van der Waals surface area contributed by atoms with E-state index >= 15 is 0 Å². The summed E-state index contributed by atoms with van der Waals surface area (Å²) in [5.74, 6) is 0.731. The summed E-state index contributed by atoms with van der Waals surface area (Å²) in [5.41, 5.74) is 2.40. The Kier molecular flexibility index (Phi) is 6.44. The van der Waals surface area contributed by atoms with Crippen LogP contribution in [0.4, 0.5) is 0 Å². The van der Waals surface area contributed by atoms with Gasteiger partial charge in [0.25, 0.3) is 0 Å². The Labute approximate surface area is 110 Å². The van der Waals surface area contributed by atoms with Crippen molar-refractivity contribution in [3.05, 3.63) is 35.4 Å². The van der Waals surface area contributed by atoms with Crippen molar-refractivity contribution in [1.29, 1.82) is 0 Å². The molecule has 0 saturated carbocycles. The summed E-state index contributed by atoms with van der Waals surface area (Å²) in [6, 6.07) is 8.12. The van der Waals surface area contributed by atoms with Crippen molar-refractivity contribution in [3.63, 3.8) is 0 Å². The van der Waals surface area contributed by atoms with Gasteiger partial charge in [0.1, 0.15) is 0 Å². The van der Waals surface area contributed by atoms with Gasteiger partial charge in [-0.3, -0.25) is 4.79 Å². The molecule has 0 radical (unpaired) electrons. The molecule has 0 saturated heterocycles. The summed E-state index contributed by atoms with van der Waals surface area (Å²) in [5, 5.41) is 6.21. The van der Waals surface area contributed by atoms with Crippen LogP contribution in [0.3, 0.4) is 0 Å². The summed E-state index contributed by atoms with van der Waals surface area (Å²) >= 11 is 0. The average molecular weight is 248 g/mol. The first-order valence-corrected chi connectivity index (χ1v) is 6.61. The lowest BCUT2D eigenvalue weighted by atomic mass is 10.1. The van der Waals surface area contributed by atoms with Crippen LogP contribution in [0.5, 0.6) is 0 Å². The predicted octanol–water partition coefficient (Wildman–Crippen LogP) is 2.25. The highest BCUT2D eigenvalue weighted by molar-refractivity contribution is 5.76. The highest BCUT2D eigenvalue weighted by atomic mass is 16.1. The molecule has 0 unspecified atom stereocenters. The molecule has 1 aromatic rings. The van der Waals surface area contributed by atoms with Gasteiger partial charge in [-0.1, -0.05) is 38.1 Å². The largest absolute Gasteiger partial charge is 0.352 e. The second kappa shape index (κ2) is 7.88. The topological polar surface area (TPSA) is 41.1 Å².